The number of carbonyl (C=O) groups is 2. The molecule has 1 aromatic rings. The van der Waals surface area contributed by atoms with Crippen LogP contribution in [0.3, 0.4) is 0 Å². The molecule has 10 heteroatoms. The van der Waals surface area contributed by atoms with Gasteiger partial charge in [0.2, 0.25) is 5.91 Å². The van der Waals surface area contributed by atoms with Gasteiger partial charge in [0.05, 0.1) is 17.0 Å². The van der Waals surface area contributed by atoms with Gasteiger partial charge in [0.25, 0.3) is 0 Å². The third-order valence-electron chi connectivity index (χ3n) is 3.17. The molecule has 1 N–H and O–H groups in total. The van der Waals surface area contributed by atoms with E-state index in [0.29, 0.717) is 17.0 Å². The summed E-state index contributed by atoms with van der Waals surface area (Å²) in [6.07, 6.45) is -0.376. The van der Waals surface area contributed by atoms with Gasteiger partial charge < -0.3 is 10.0 Å². The predicted octanol–water partition coefficient (Wildman–Crippen LogP) is 1.32. The molecule has 0 radical (unpaired) electrons. The molecule has 1 amide bonds. The molecule has 1 atom stereocenters. The van der Waals surface area contributed by atoms with Crippen LogP contribution in [0.4, 0.5) is 18.4 Å². The molecule has 0 aliphatic carbocycles. The Hall–Kier alpha value is -2.10. The number of halogens is 3. The largest absolute Gasteiger partial charge is 0.478 e. The van der Waals surface area contributed by atoms with Gasteiger partial charge in [-0.05, 0) is 6.07 Å². The summed E-state index contributed by atoms with van der Waals surface area (Å²) in [5.74, 6) is -6.68. The molecule has 1 aliphatic rings. The first-order valence-electron chi connectivity index (χ1n) is 6.03. The van der Waals surface area contributed by atoms with Gasteiger partial charge in [-0.25, -0.2) is 13.6 Å². The van der Waals surface area contributed by atoms with Gasteiger partial charge in [0.1, 0.15) is 5.82 Å². The van der Waals surface area contributed by atoms with Crippen molar-refractivity contribution < 1.29 is 35.8 Å². The molecule has 0 saturated carbocycles. The maximum atomic E-state index is 13.9. The Labute approximate surface area is 123 Å². The van der Waals surface area contributed by atoms with Gasteiger partial charge in [-0.15, -0.1) is 3.89 Å². The first-order valence-corrected chi connectivity index (χ1v) is 7.59. The van der Waals surface area contributed by atoms with Crippen LogP contribution < -0.4 is 4.90 Å². The van der Waals surface area contributed by atoms with Crippen LogP contribution in [0.25, 0.3) is 0 Å². The summed E-state index contributed by atoms with van der Waals surface area (Å²) in [6.45, 7) is -0.370. The summed E-state index contributed by atoms with van der Waals surface area (Å²) in [4.78, 5) is 23.6. The van der Waals surface area contributed by atoms with Crippen molar-refractivity contribution >= 4 is 27.8 Å². The van der Waals surface area contributed by atoms with E-state index in [1.807, 2.05) is 0 Å². The summed E-state index contributed by atoms with van der Waals surface area (Å²) in [5.41, 5.74) is -1.42. The second kappa shape index (κ2) is 5.59. The fourth-order valence-corrected chi connectivity index (χ4v) is 3.18. The molecule has 1 aromatic carbocycles. The molecule has 1 heterocycles. The molecule has 1 unspecified atom stereocenters. The molecule has 120 valence electrons. The van der Waals surface area contributed by atoms with Crippen LogP contribution in [0.1, 0.15) is 16.8 Å². The van der Waals surface area contributed by atoms with Crippen molar-refractivity contribution in [2.75, 3.05) is 17.2 Å². The predicted molar refractivity (Wildman–Crippen MR) is 68.7 cm³/mol. The van der Waals surface area contributed by atoms with E-state index in [2.05, 4.69) is 0 Å². The molecule has 0 aromatic heterocycles. The lowest BCUT2D eigenvalue weighted by atomic mass is 10.1. The Morgan fingerprint density at radius 3 is 2.55 bits per heavy atom. The van der Waals surface area contributed by atoms with E-state index in [-0.39, 0.29) is 13.0 Å². The van der Waals surface area contributed by atoms with Gasteiger partial charge in [-0.2, -0.15) is 8.42 Å². The first-order chi connectivity index (χ1) is 10.1. The molecule has 22 heavy (non-hydrogen) atoms. The third kappa shape index (κ3) is 3.38. The van der Waals surface area contributed by atoms with Crippen LogP contribution in [0.2, 0.25) is 0 Å². The second-order valence-corrected chi connectivity index (χ2v) is 6.28. The standard InChI is InChI=1S/C12H10F3NO5S/c13-7-2-8(12(18)19)11(9(14)3-7)16-4-6(1-10(16)17)5-22(15,20)21/h2-3,6H,1,4-5H2,(H,18,19). The van der Waals surface area contributed by atoms with E-state index in [1.54, 1.807) is 0 Å². The number of aromatic carboxylic acids is 1. The summed E-state index contributed by atoms with van der Waals surface area (Å²) in [5, 5.41) is 8.99. The van der Waals surface area contributed by atoms with Crippen LogP contribution in [0.15, 0.2) is 12.1 Å². The zero-order valence-electron chi connectivity index (χ0n) is 10.9. The zero-order chi connectivity index (χ0) is 16.7. The van der Waals surface area contributed by atoms with E-state index < -0.39 is 56.7 Å². The highest BCUT2D eigenvalue weighted by molar-refractivity contribution is 7.86. The van der Waals surface area contributed by atoms with Crippen molar-refractivity contribution in [1.29, 1.82) is 0 Å². The van der Waals surface area contributed by atoms with Gasteiger partial charge in [-0.1, -0.05) is 0 Å². The lowest BCUT2D eigenvalue weighted by Gasteiger charge is -2.19. The Kier molecular flexibility index (Phi) is 4.14. The van der Waals surface area contributed by atoms with E-state index >= 15 is 0 Å². The van der Waals surface area contributed by atoms with E-state index in [4.69, 9.17) is 5.11 Å². The fraction of sp³-hybridized carbons (Fsp3) is 0.333. The highest BCUT2D eigenvalue weighted by Gasteiger charge is 2.37. The number of benzene rings is 1. The number of nitrogens with zero attached hydrogens (tertiary/aromatic N) is 1. The molecule has 1 fully saturated rings. The lowest BCUT2D eigenvalue weighted by Crippen LogP contribution is -2.28. The van der Waals surface area contributed by atoms with Crippen molar-refractivity contribution in [3.05, 3.63) is 29.3 Å². The minimum absolute atomic E-state index is 0.370. The highest BCUT2D eigenvalue weighted by Crippen LogP contribution is 2.32. The second-order valence-electron chi connectivity index (χ2n) is 4.87. The number of carboxylic acids is 1. The molecule has 1 aliphatic heterocycles. The van der Waals surface area contributed by atoms with Gasteiger partial charge >= 0.3 is 16.2 Å². The third-order valence-corrected chi connectivity index (χ3v) is 4.04. The number of amides is 1. The highest BCUT2D eigenvalue weighted by atomic mass is 32.3. The minimum atomic E-state index is -4.83. The van der Waals surface area contributed by atoms with Crippen molar-refractivity contribution in [2.45, 2.75) is 6.42 Å². The van der Waals surface area contributed by atoms with Crippen molar-refractivity contribution in [3.8, 4) is 0 Å². The van der Waals surface area contributed by atoms with E-state index in [1.165, 1.54) is 0 Å². The van der Waals surface area contributed by atoms with Crippen molar-refractivity contribution in [2.24, 2.45) is 5.92 Å². The number of hydrogen-bond acceptors (Lipinski definition) is 4. The summed E-state index contributed by atoms with van der Waals surface area (Å²) in [6, 6.07) is 0.960. The van der Waals surface area contributed by atoms with Crippen molar-refractivity contribution in [3.63, 3.8) is 0 Å². The van der Waals surface area contributed by atoms with Gasteiger partial charge in [-0.3, -0.25) is 4.79 Å². The topological polar surface area (TPSA) is 91.8 Å². The number of carboxylic acid groups (broad SMARTS) is 1. The Morgan fingerprint density at radius 1 is 1.36 bits per heavy atom. The molecule has 0 spiro atoms. The maximum absolute atomic E-state index is 13.9. The van der Waals surface area contributed by atoms with Crippen LogP contribution in [-0.4, -0.2) is 37.7 Å². The molecular formula is C12H10F3NO5S. The summed E-state index contributed by atoms with van der Waals surface area (Å²) < 4.78 is 60.9. The lowest BCUT2D eigenvalue weighted by molar-refractivity contribution is -0.117. The average molecular weight is 337 g/mol. The molecular weight excluding hydrogens is 327 g/mol. The number of hydrogen-bond donors (Lipinski definition) is 1. The molecule has 0 bridgehead atoms. The fourth-order valence-electron chi connectivity index (χ4n) is 2.39. The summed E-state index contributed by atoms with van der Waals surface area (Å²) >= 11 is 0. The quantitative estimate of drug-likeness (QED) is 0.837. The van der Waals surface area contributed by atoms with Crippen LogP contribution in [-0.2, 0) is 15.0 Å². The molecule has 1 saturated heterocycles. The smallest absolute Gasteiger partial charge is 0.338 e. The van der Waals surface area contributed by atoms with E-state index in [0.717, 1.165) is 0 Å². The average Bonchev–Trinajstić information content (AvgIpc) is 2.66. The maximum Gasteiger partial charge on any atom is 0.338 e. The van der Waals surface area contributed by atoms with Crippen LogP contribution >= 0.6 is 0 Å². The Balaban J connectivity index is 2.40. The number of rotatable bonds is 4. The summed E-state index contributed by atoms with van der Waals surface area (Å²) in [7, 11) is -4.83. The van der Waals surface area contributed by atoms with Gasteiger partial charge in [0.15, 0.2) is 5.82 Å². The zero-order valence-corrected chi connectivity index (χ0v) is 11.7. The number of carbonyl (C=O) groups excluding carboxylic acids is 1. The Morgan fingerprint density at radius 2 is 2.00 bits per heavy atom. The molecule has 2 rings (SSSR count). The van der Waals surface area contributed by atoms with Crippen LogP contribution in [0, 0.1) is 17.6 Å². The van der Waals surface area contributed by atoms with Gasteiger partial charge in [0, 0.05) is 24.9 Å². The van der Waals surface area contributed by atoms with Crippen LogP contribution in [0.5, 0.6) is 0 Å². The minimum Gasteiger partial charge on any atom is -0.478 e. The molecule has 6 nitrogen and oxygen atoms in total. The number of anilines is 1. The van der Waals surface area contributed by atoms with E-state index in [9.17, 15) is 30.7 Å². The normalized spacial score (nSPS) is 18.8. The SMILES string of the molecule is O=C(O)c1cc(F)cc(F)c1N1CC(CS(=O)(=O)F)CC1=O. The van der Waals surface area contributed by atoms with Crippen molar-refractivity contribution in [1.82, 2.24) is 0 Å². The monoisotopic (exact) mass is 337 g/mol. The first kappa shape index (κ1) is 16.3. The Bertz CT molecular complexity index is 749.